The number of para-hydroxylation sites is 1. The summed E-state index contributed by atoms with van der Waals surface area (Å²) in [6.07, 6.45) is 7.97. The number of methoxy groups -OCH3 is 1. The van der Waals surface area contributed by atoms with Gasteiger partial charge in [-0.05, 0) is 71.4 Å². The van der Waals surface area contributed by atoms with Crippen LogP contribution in [0.2, 0.25) is 0 Å². The van der Waals surface area contributed by atoms with E-state index < -0.39 is 0 Å². The molecule has 0 fully saturated rings. The first-order valence-electron chi connectivity index (χ1n) is 8.97. The van der Waals surface area contributed by atoms with Gasteiger partial charge in [-0.25, -0.2) is 0 Å². The highest BCUT2D eigenvalue weighted by molar-refractivity contribution is 14.1. The van der Waals surface area contributed by atoms with E-state index in [4.69, 9.17) is 9.47 Å². The molecule has 25 heavy (non-hydrogen) atoms. The smallest absolute Gasteiger partial charge is 0.126 e. The van der Waals surface area contributed by atoms with Gasteiger partial charge in [-0.1, -0.05) is 52.9 Å². The van der Waals surface area contributed by atoms with E-state index in [9.17, 15) is 0 Å². The average Bonchev–Trinajstić information content (AvgIpc) is 2.87. The van der Waals surface area contributed by atoms with Gasteiger partial charge >= 0.3 is 0 Å². The second kappa shape index (κ2) is 9.27. The third kappa shape index (κ3) is 4.78. The number of ether oxygens (including phenoxy) is 2. The molecule has 0 unspecified atom stereocenters. The van der Waals surface area contributed by atoms with Crippen LogP contribution in [0.5, 0.6) is 11.5 Å². The average molecular weight is 448 g/mol. The van der Waals surface area contributed by atoms with Crippen LogP contribution in [0.1, 0.15) is 42.4 Å². The van der Waals surface area contributed by atoms with Gasteiger partial charge in [0.15, 0.2) is 0 Å². The molecule has 3 rings (SSSR count). The molecular formula is C22H25IO2. The molecule has 0 atom stereocenters. The summed E-state index contributed by atoms with van der Waals surface area (Å²) in [5, 5.41) is 0. The third-order valence-corrected chi connectivity index (χ3v) is 5.35. The van der Waals surface area contributed by atoms with Crippen LogP contribution < -0.4 is 9.47 Å². The lowest BCUT2D eigenvalue weighted by molar-refractivity contribution is 0.310. The van der Waals surface area contributed by atoms with Crippen molar-refractivity contribution in [3.8, 4) is 11.5 Å². The maximum atomic E-state index is 5.92. The number of unbranched alkanes of at least 4 members (excludes halogenated alkanes) is 1. The molecule has 0 saturated carbocycles. The summed E-state index contributed by atoms with van der Waals surface area (Å²) in [4.78, 5) is 0. The van der Waals surface area contributed by atoms with E-state index in [1.54, 1.807) is 7.11 Å². The minimum Gasteiger partial charge on any atom is -0.496 e. The van der Waals surface area contributed by atoms with Crippen molar-refractivity contribution in [2.45, 2.75) is 32.1 Å². The van der Waals surface area contributed by atoms with Crippen LogP contribution in [0.15, 0.2) is 42.5 Å². The fourth-order valence-corrected chi connectivity index (χ4v) is 3.81. The number of hydrogen-bond acceptors (Lipinski definition) is 2. The highest BCUT2D eigenvalue weighted by Crippen LogP contribution is 2.35. The molecule has 1 aliphatic carbocycles. The van der Waals surface area contributed by atoms with Gasteiger partial charge < -0.3 is 9.47 Å². The summed E-state index contributed by atoms with van der Waals surface area (Å²) in [5.74, 6) is 1.95. The van der Waals surface area contributed by atoms with Crippen LogP contribution in [0.25, 0.3) is 11.6 Å². The Balaban J connectivity index is 1.81. The molecule has 2 nitrogen and oxygen atoms in total. The van der Waals surface area contributed by atoms with Gasteiger partial charge in [0.2, 0.25) is 0 Å². The SMILES string of the molecule is COc1ccccc1C1=Cc2ccc(OCCCCI)cc2CCC1. The Labute approximate surface area is 164 Å². The van der Waals surface area contributed by atoms with Crippen molar-refractivity contribution in [1.29, 1.82) is 0 Å². The fourth-order valence-electron chi connectivity index (χ4n) is 3.27. The Morgan fingerprint density at radius 2 is 1.92 bits per heavy atom. The topological polar surface area (TPSA) is 18.5 Å². The standard InChI is InChI=1S/C22H25IO2/c1-24-22-10-3-2-9-21(22)19-8-6-7-17-16-20(12-11-18(17)15-19)25-14-5-4-13-23/h2-3,9-12,15-16H,4-8,13-14H2,1H3. The zero-order valence-corrected chi connectivity index (χ0v) is 16.9. The van der Waals surface area contributed by atoms with Crippen LogP contribution in [0, 0.1) is 0 Å². The number of allylic oxidation sites excluding steroid dienone is 1. The predicted octanol–water partition coefficient (Wildman–Crippen LogP) is 6.17. The molecule has 0 aromatic heterocycles. The lowest BCUT2D eigenvalue weighted by atomic mass is 9.99. The van der Waals surface area contributed by atoms with Gasteiger partial charge in [0.1, 0.15) is 11.5 Å². The largest absolute Gasteiger partial charge is 0.496 e. The summed E-state index contributed by atoms with van der Waals surface area (Å²) < 4.78 is 12.7. The van der Waals surface area contributed by atoms with Crippen molar-refractivity contribution >= 4 is 34.2 Å². The molecule has 0 heterocycles. The van der Waals surface area contributed by atoms with Crippen molar-refractivity contribution < 1.29 is 9.47 Å². The summed E-state index contributed by atoms with van der Waals surface area (Å²) >= 11 is 2.41. The fraction of sp³-hybridized carbons (Fsp3) is 0.364. The minimum absolute atomic E-state index is 0.810. The highest BCUT2D eigenvalue weighted by Gasteiger charge is 2.14. The molecule has 0 saturated heterocycles. The van der Waals surface area contributed by atoms with E-state index in [1.165, 1.54) is 33.1 Å². The van der Waals surface area contributed by atoms with Gasteiger partial charge in [-0.2, -0.15) is 0 Å². The molecule has 0 bridgehead atoms. The van der Waals surface area contributed by atoms with E-state index in [2.05, 4.69) is 59.0 Å². The lowest BCUT2D eigenvalue weighted by Crippen LogP contribution is -1.98. The van der Waals surface area contributed by atoms with Crippen molar-refractivity contribution in [3.05, 3.63) is 59.2 Å². The first-order valence-corrected chi connectivity index (χ1v) is 10.5. The molecule has 0 spiro atoms. The van der Waals surface area contributed by atoms with Crippen LogP contribution in [0.4, 0.5) is 0 Å². The quantitative estimate of drug-likeness (QED) is 0.287. The molecule has 0 N–H and O–H groups in total. The van der Waals surface area contributed by atoms with Crippen molar-refractivity contribution in [1.82, 2.24) is 0 Å². The van der Waals surface area contributed by atoms with Crippen LogP contribution in [0.3, 0.4) is 0 Å². The monoisotopic (exact) mass is 448 g/mol. The molecule has 3 heteroatoms. The summed E-state index contributed by atoms with van der Waals surface area (Å²) in [6, 6.07) is 14.8. The maximum absolute atomic E-state index is 5.92. The zero-order chi connectivity index (χ0) is 17.5. The summed E-state index contributed by atoms with van der Waals surface area (Å²) in [7, 11) is 1.74. The van der Waals surface area contributed by atoms with Gasteiger partial charge in [-0.15, -0.1) is 0 Å². The Kier molecular flexibility index (Phi) is 6.79. The number of aryl methyl sites for hydroxylation is 1. The van der Waals surface area contributed by atoms with Crippen molar-refractivity contribution in [3.63, 3.8) is 0 Å². The van der Waals surface area contributed by atoms with E-state index in [-0.39, 0.29) is 0 Å². The molecule has 2 aromatic carbocycles. The third-order valence-electron chi connectivity index (χ3n) is 4.59. The predicted molar refractivity (Wildman–Crippen MR) is 114 cm³/mol. The Morgan fingerprint density at radius 1 is 1.04 bits per heavy atom. The number of hydrogen-bond donors (Lipinski definition) is 0. The Bertz CT molecular complexity index is 737. The van der Waals surface area contributed by atoms with E-state index >= 15 is 0 Å². The molecule has 0 amide bonds. The van der Waals surface area contributed by atoms with Crippen LogP contribution in [-0.4, -0.2) is 18.1 Å². The highest BCUT2D eigenvalue weighted by atomic mass is 127. The van der Waals surface area contributed by atoms with E-state index in [0.717, 1.165) is 43.8 Å². The first kappa shape index (κ1) is 18.3. The minimum atomic E-state index is 0.810. The Morgan fingerprint density at radius 3 is 2.76 bits per heavy atom. The van der Waals surface area contributed by atoms with Gasteiger partial charge in [0.05, 0.1) is 13.7 Å². The Hall–Kier alpha value is -1.49. The molecule has 0 aliphatic heterocycles. The van der Waals surface area contributed by atoms with Gasteiger partial charge in [0.25, 0.3) is 0 Å². The van der Waals surface area contributed by atoms with Crippen molar-refractivity contribution in [2.24, 2.45) is 0 Å². The van der Waals surface area contributed by atoms with Crippen molar-refractivity contribution in [2.75, 3.05) is 18.1 Å². The normalized spacial score (nSPS) is 13.6. The number of benzene rings is 2. The molecular weight excluding hydrogens is 423 g/mol. The van der Waals surface area contributed by atoms with Crippen LogP contribution in [-0.2, 0) is 6.42 Å². The number of rotatable bonds is 7. The molecule has 132 valence electrons. The van der Waals surface area contributed by atoms with Gasteiger partial charge in [-0.3, -0.25) is 0 Å². The lowest BCUT2D eigenvalue weighted by Gasteiger charge is -2.11. The number of fused-ring (bicyclic) bond motifs is 1. The van der Waals surface area contributed by atoms with E-state index in [0.29, 0.717) is 0 Å². The molecule has 2 aromatic rings. The molecule has 0 radical (unpaired) electrons. The van der Waals surface area contributed by atoms with Gasteiger partial charge in [0, 0.05) is 5.56 Å². The number of halogens is 1. The second-order valence-corrected chi connectivity index (χ2v) is 7.41. The number of alkyl halides is 1. The van der Waals surface area contributed by atoms with E-state index in [1.807, 2.05) is 12.1 Å². The summed E-state index contributed by atoms with van der Waals surface area (Å²) in [6.45, 7) is 0.810. The second-order valence-electron chi connectivity index (χ2n) is 6.33. The van der Waals surface area contributed by atoms with Crippen LogP contribution >= 0.6 is 22.6 Å². The molecule has 1 aliphatic rings. The summed E-state index contributed by atoms with van der Waals surface area (Å²) in [5.41, 5.74) is 5.25. The maximum Gasteiger partial charge on any atom is 0.126 e. The zero-order valence-electron chi connectivity index (χ0n) is 14.8. The first-order chi connectivity index (χ1) is 12.3.